The number of rotatable bonds is 10. The first-order chi connectivity index (χ1) is 15.4. The number of carbonyl (C=O) groups excluding carboxylic acids is 2. The number of hydrogen-bond donors (Lipinski definition) is 4. The number of aryl methyl sites for hydroxylation is 2. The quantitative estimate of drug-likeness (QED) is 0.356. The Morgan fingerprint density at radius 3 is 2.62 bits per heavy atom. The second-order valence-corrected chi connectivity index (χ2v) is 7.68. The van der Waals surface area contributed by atoms with Gasteiger partial charge >= 0.3 is 17.5 Å². The van der Waals surface area contributed by atoms with Crippen LogP contribution < -0.4 is 21.6 Å². The fraction of sp³-hybridized carbons (Fsp3) is 0.391. The van der Waals surface area contributed by atoms with E-state index in [-0.39, 0.29) is 35.8 Å². The van der Waals surface area contributed by atoms with Crippen LogP contribution in [0, 0.1) is 0 Å². The molecule has 9 heteroatoms. The Labute approximate surface area is 185 Å². The monoisotopic (exact) mass is 440 g/mol. The van der Waals surface area contributed by atoms with Gasteiger partial charge in [-0.1, -0.05) is 19.1 Å². The first-order valence-electron chi connectivity index (χ1n) is 10.9. The molecule has 0 radical (unpaired) electrons. The van der Waals surface area contributed by atoms with Gasteiger partial charge in [0.25, 0.3) is 5.91 Å². The first-order valence-corrected chi connectivity index (χ1v) is 10.9. The molecular weight excluding hydrogens is 410 g/mol. The van der Waals surface area contributed by atoms with Gasteiger partial charge < -0.3 is 15.8 Å². The normalized spacial score (nSPS) is 11.9. The standard InChI is InChI=1S/C23H29N5O4/c1-3-17(11-12-18(29)32-4-2)26-21(30)15-8-5-14(6-9-15)7-10-16-13-25-20-19(16)22(31)28-23(24)27-20/h5-6,8-9,13,17H,3-4,7,10-12H2,1-2H3,(H,26,30)(H4,24,25,27,28,31)/p+1/t17-/m1/s1. The highest BCUT2D eigenvalue weighted by molar-refractivity contribution is 5.94. The zero-order chi connectivity index (χ0) is 23.1. The number of aromatic nitrogens is 3. The Morgan fingerprint density at radius 2 is 1.94 bits per heavy atom. The van der Waals surface area contributed by atoms with Crippen LogP contribution in [0.25, 0.3) is 11.0 Å². The maximum Gasteiger partial charge on any atom is 0.312 e. The van der Waals surface area contributed by atoms with Gasteiger partial charge in [0.2, 0.25) is 5.65 Å². The summed E-state index contributed by atoms with van der Waals surface area (Å²) in [6.07, 6.45) is 4.75. The van der Waals surface area contributed by atoms with Gasteiger partial charge in [-0.15, -0.1) is 0 Å². The zero-order valence-corrected chi connectivity index (χ0v) is 18.4. The Kier molecular flexibility index (Phi) is 7.64. The van der Waals surface area contributed by atoms with Crippen LogP contribution in [0.2, 0.25) is 0 Å². The number of nitrogen functional groups attached to an aromatic ring is 1. The molecule has 170 valence electrons. The number of benzene rings is 1. The molecule has 32 heavy (non-hydrogen) atoms. The Bertz CT molecular complexity index is 1130. The van der Waals surface area contributed by atoms with Crippen molar-refractivity contribution < 1.29 is 19.3 Å². The molecule has 0 unspecified atom stereocenters. The van der Waals surface area contributed by atoms with Crippen LogP contribution in [0.3, 0.4) is 0 Å². The van der Waals surface area contributed by atoms with Crippen molar-refractivity contribution >= 4 is 28.9 Å². The van der Waals surface area contributed by atoms with E-state index in [4.69, 9.17) is 10.5 Å². The summed E-state index contributed by atoms with van der Waals surface area (Å²) in [7, 11) is 0. The number of fused-ring (bicyclic) bond motifs is 1. The van der Waals surface area contributed by atoms with Crippen molar-refractivity contribution in [2.75, 3.05) is 12.3 Å². The van der Waals surface area contributed by atoms with Crippen molar-refractivity contribution in [1.29, 1.82) is 0 Å². The van der Waals surface area contributed by atoms with E-state index in [0.717, 1.165) is 24.0 Å². The van der Waals surface area contributed by atoms with E-state index >= 15 is 0 Å². The van der Waals surface area contributed by atoms with Gasteiger partial charge in [0.05, 0.1) is 6.61 Å². The predicted molar refractivity (Wildman–Crippen MR) is 121 cm³/mol. The van der Waals surface area contributed by atoms with Crippen molar-refractivity contribution in [3.8, 4) is 0 Å². The van der Waals surface area contributed by atoms with E-state index in [1.54, 1.807) is 25.3 Å². The summed E-state index contributed by atoms with van der Waals surface area (Å²) in [5.74, 6) is -0.206. The van der Waals surface area contributed by atoms with Gasteiger partial charge in [0.15, 0.2) is 0 Å². The molecule has 3 aromatic rings. The Balaban J connectivity index is 1.57. The molecule has 3 rings (SSSR count). The minimum Gasteiger partial charge on any atom is -0.466 e. The fourth-order valence-corrected chi connectivity index (χ4v) is 3.64. The van der Waals surface area contributed by atoms with E-state index in [9.17, 15) is 14.4 Å². The van der Waals surface area contributed by atoms with Crippen LogP contribution in [-0.4, -0.2) is 34.5 Å². The Morgan fingerprint density at radius 1 is 1.19 bits per heavy atom. The van der Waals surface area contributed by atoms with Crippen LogP contribution in [0.15, 0.2) is 35.3 Å². The molecule has 0 aliphatic rings. The molecule has 1 amide bonds. The highest BCUT2D eigenvalue weighted by Gasteiger charge is 2.15. The molecule has 1 atom stereocenters. The summed E-state index contributed by atoms with van der Waals surface area (Å²) >= 11 is 0. The molecular formula is C23H30N5O4+. The third-order valence-corrected chi connectivity index (χ3v) is 5.43. The largest absolute Gasteiger partial charge is 0.466 e. The number of hydrogen-bond acceptors (Lipinski definition) is 5. The molecule has 1 aromatic carbocycles. The third kappa shape index (κ3) is 5.75. The summed E-state index contributed by atoms with van der Waals surface area (Å²) in [5.41, 5.74) is 8.52. The summed E-state index contributed by atoms with van der Waals surface area (Å²) in [6, 6.07) is 7.32. The van der Waals surface area contributed by atoms with Crippen molar-refractivity contribution in [1.82, 2.24) is 15.3 Å². The lowest BCUT2D eigenvalue weighted by Gasteiger charge is -2.16. The summed E-state index contributed by atoms with van der Waals surface area (Å²) in [4.78, 5) is 44.8. The Hall–Kier alpha value is -3.62. The van der Waals surface area contributed by atoms with Gasteiger partial charge in [0, 0.05) is 24.2 Å². The minimum absolute atomic E-state index is 0.0858. The van der Waals surface area contributed by atoms with E-state index in [0.29, 0.717) is 36.0 Å². The number of anilines is 1. The van der Waals surface area contributed by atoms with Crippen LogP contribution in [0.5, 0.6) is 0 Å². The van der Waals surface area contributed by atoms with Gasteiger partial charge in [-0.05, 0) is 55.9 Å². The maximum atomic E-state index is 12.6. The molecule has 2 heterocycles. The van der Waals surface area contributed by atoms with Crippen molar-refractivity contribution in [2.45, 2.75) is 52.0 Å². The van der Waals surface area contributed by atoms with E-state index in [1.165, 1.54) is 0 Å². The molecule has 0 fully saturated rings. The second-order valence-electron chi connectivity index (χ2n) is 7.68. The van der Waals surface area contributed by atoms with E-state index in [2.05, 4.69) is 20.3 Å². The summed E-state index contributed by atoms with van der Waals surface area (Å²) in [5, 5.41) is 3.56. The number of nitrogens with two attached hydrogens (primary N) is 1. The smallest absolute Gasteiger partial charge is 0.312 e. The SMILES string of the molecule is CCOC(=O)CC[C@@H](CC)NC(=O)c1ccc(CCc2c[nH]c3[nH+]c(N)[nH]c(=O)c23)cc1. The second kappa shape index (κ2) is 10.6. The zero-order valence-electron chi connectivity index (χ0n) is 18.4. The molecule has 0 aliphatic carbocycles. The van der Waals surface area contributed by atoms with Crippen molar-refractivity contribution in [2.24, 2.45) is 0 Å². The average molecular weight is 441 g/mol. The van der Waals surface area contributed by atoms with Crippen LogP contribution in [0.4, 0.5) is 5.95 Å². The predicted octanol–water partition coefficient (Wildman–Crippen LogP) is 1.89. The highest BCUT2D eigenvalue weighted by atomic mass is 16.5. The molecule has 6 N–H and O–H groups in total. The molecule has 0 aliphatic heterocycles. The van der Waals surface area contributed by atoms with Crippen LogP contribution in [0.1, 0.15) is 54.6 Å². The van der Waals surface area contributed by atoms with Gasteiger partial charge in [-0.25, -0.2) is 9.97 Å². The average Bonchev–Trinajstić information content (AvgIpc) is 3.18. The van der Waals surface area contributed by atoms with E-state index < -0.39 is 0 Å². The van der Waals surface area contributed by atoms with Gasteiger partial charge in [-0.3, -0.25) is 19.4 Å². The molecule has 0 spiro atoms. The molecule has 9 nitrogen and oxygen atoms in total. The number of nitrogens with one attached hydrogen (secondary N) is 4. The number of amides is 1. The van der Waals surface area contributed by atoms with E-state index in [1.807, 2.05) is 19.1 Å². The van der Waals surface area contributed by atoms with Crippen LogP contribution in [-0.2, 0) is 22.4 Å². The molecule has 0 saturated carbocycles. The first kappa shape index (κ1) is 23.1. The molecule has 0 bridgehead atoms. The van der Waals surface area contributed by atoms with Crippen molar-refractivity contribution in [3.05, 3.63) is 57.5 Å². The number of ether oxygens (including phenoxy) is 1. The third-order valence-electron chi connectivity index (χ3n) is 5.43. The van der Waals surface area contributed by atoms with Crippen LogP contribution >= 0.6 is 0 Å². The summed E-state index contributed by atoms with van der Waals surface area (Å²) in [6.45, 7) is 4.11. The molecule has 0 saturated heterocycles. The minimum atomic E-state index is -0.247. The fourth-order valence-electron chi connectivity index (χ4n) is 3.64. The topological polar surface area (TPSA) is 144 Å². The van der Waals surface area contributed by atoms with Gasteiger partial charge in [-0.2, -0.15) is 0 Å². The number of aromatic amines is 3. The van der Waals surface area contributed by atoms with Gasteiger partial charge in [0.1, 0.15) is 5.39 Å². The lowest BCUT2D eigenvalue weighted by Crippen LogP contribution is -2.34. The van der Waals surface area contributed by atoms with Crippen molar-refractivity contribution in [3.63, 3.8) is 0 Å². The lowest BCUT2D eigenvalue weighted by atomic mass is 10.0. The number of H-pyrrole nitrogens is 3. The summed E-state index contributed by atoms with van der Waals surface area (Å²) < 4.78 is 4.94. The molecule has 2 aromatic heterocycles. The maximum absolute atomic E-state index is 12.6. The number of carbonyl (C=O) groups is 2. The lowest BCUT2D eigenvalue weighted by molar-refractivity contribution is -0.333. The number of esters is 1. The highest BCUT2D eigenvalue weighted by Crippen LogP contribution is 2.15.